The molecule has 1 aliphatic rings. The third kappa shape index (κ3) is 4.77. The standard InChI is InChI=1S/C16H19F3N2O5/c1-15(2,3)26-14(23)21-7-10(8-21)25-11-5-9(13(22)24-4)6-20-12(11)16(17,18)19/h5-6,10H,7-8H2,1-4H3. The molecular weight excluding hydrogens is 357 g/mol. The number of carbonyl (C=O) groups excluding carboxylic acids is 2. The third-order valence-electron chi connectivity index (χ3n) is 3.34. The molecule has 0 atom stereocenters. The van der Waals surface area contributed by atoms with Crippen LogP contribution in [0.1, 0.15) is 36.8 Å². The predicted octanol–water partition coefficient (Wildman–Crippen LogP) is 2.89. The third-order valence-corrected chi connectivity index (χ3v) is 3.34. The molecule has 1 fully saturated rings. The van der Waals surface area contributed by atoms with Crippen molar-refractivity contribution < 1.29 is 37.0 Å². The fourth-order valence-corrected chi connectivity index (χ4v) is 2.14. The lowest BCUT2D eigenvalue weighted by molar-refractivity contribution is -0.143. The van der Waals surface area contributed by atoms with Crippen LogP contribution in [0.4, 0.5) is 18.0 Å². The first-order chi connectivity index (χ1) is 11.9. The molecule has 2 rings (SSSR count). The lowest BCUT2D eigenvalue weighted by Gasteiger charge is -2.39. The van der Waals surface area contributed by atoms with Gasteiger partial charge in [0.1, 0.15) is 11.7 Å². The fourth-order valence-electron chi connectivity index (χ4n) is 2.14. The summed E-state index contributed by atoms with van der Waals surface area (Å²) < 4.78 is 54.2. The Labute approximate surface area is 148 Å². The van der Waals surface area contributed by atoms with Gasteiger partial charge in [-0.25, -0.2) is 14.6 Å². The molecule has 10 heteroatoms. The van der Waals surface area contributed by atoms with Crippen LogP contribution in [-0.2, 0) is 15.7 Å². The van der Waals surface area contributed by atoms with Gasteiger partial charge in [-0.05, 0) is 26.8 Å². The van der Waals surface area contributed by atoms with E-state index in [0.717, 1.165) is 19.4 Å². The normalized spacial score (nSPS) is 15.3. The van der Waals surface area contributed by atoms with Gasteiger partial charge in [-0.15, -0.1) is 0 Å². The first-order valence-electron chi connectivity index (χ1n) is 7.71. The van der Waals surface area contributed by atoms with Gasteiger partial charge in [0.2, 0.25) is 0 Å². The monoisotopic (exact) mass is 376 g/mol. The number of rotatable bonds is 3. The zero-order valence-electron chi connectivity index (χ0n) is 14.7. The van der Waals surface area contributed by atoms with E-state index in [9.17, 15) is 22.8 Å². The maximum Gasteiger partial charge on any atom is 0.437 e. The van der Waals surface area contributed by atoms with E-state index in [2.05, 4.69) is 9.72 Å². The smallest absolute Gasteiger partial charge is 0.437 e. The van der Waals surface area contributed by atoms with Crippen LogP contribution in [-0.4, -0.2) is 53.9 Å². The number of hydrogen-bond donors (Lipinski definition) is 0. The molecule has 0 spiro atoms. The number of nitrogens with zero attached hydrogens (tertiary/aromatic N) is 2. The number of carbonyl (C=O) groups is 2. The summed E-state index contributed by atoms with van der Waals surface area (Å²) >= 11 is 0. The molecule has 0 radical (unpaired) electrons. The Morgan fingerprint density at radius 2 is 1.85 bits per heavy atom. The largest absolute Gasteiger partial charge is 0.484 e. The molecule has 0 aliphatic carbocycles. The van der Waals surface area contributed by atoms with E-state index in [1.807, 2.05) is 0 Å². The van der Waals surface area contributed by atoms with Crippen LogP contribution in [0.2, 0.25) is 0 Å². The molecule has 2 heterocycles. The summed E-state index contributed by atoms with van der Waals surface area (Å²) in [7, 11) is 1.10. The number of methoxy groups -OCH3 is 1. The molecule has 0 N–H and O–H groups in total. The topological polar surface area (TPSA) is 78.0 Å². The molecule has 1 amide bonds. The van der Waals surface area contributed by atoms with Gasteiger partial charge in [0.15, 0.2) is 11.4 Å². The number of alkyl halides is 3. The van der Waals surface area contributed by atoms with Crippen LogP contribution < -0.4 is 4.74 Å². The van der Waals surface area contributed by atoms with Crippen LogP contribution in [0.25, 0.3) is 0 Å². The Morgan fingerprint density at radius 3 is 2.35 bits per heavy atom. The number of hydrogen-bond acceptors (Lipinski definition) is 6. The number of aromatic nitrogens is 1. The van der Waals surface area contributed by atoms with Crippen molar-refractivity contribution in [3.05, 3.63) is 23.5 Å². The van der Waals surface area contributed by atoms with Gasteiger partial charge in [-0.1, -0.05) is 0 Å². The van der Waals surface area contributed by atoms with Gasteiger partial charge in [0.25, 0.3) is 0 Å². The minimum atomic E-state index is -4.75. The SMILES string of the molecule is COC(=O)c1cnc(C(F)(F)F)c(OC2CN(C(=O)OC(C)(C)C)C2)c1. The lowest BCUT2D eigenvalue weighted by atomic mass is 10.1. The Kier molecular flexibility index (Phi) is 5.33. The number of likely N-dealkylation sites (tertiary alicyclic amines) is 1. The Morgan fingerprint density at radius 1 is 1.23 bits per heavy atom. The molecule has 1 aromatic heterocycles. The molecule has 144 valence electrons. The van der Waals surface area contributed by atoms with Crippen LogP contribution in [0.15, 0.2) is 12.3 Å². The average molecular weight is 376 g/mol. The highest BCUT2D eigenvalue weighted by molar-refractivity contribution is 5.89. The number of esters is 1. The fraction of sp³-hybridized carbons (Fsp3) is 0.562. The van der Waals surface area contributed by atoms with Gasteiger partial charge < -0.3 is 19.1 Å². The molecule has 0 unspecified atom stereocenters. The maximum atomic E-state index is 13.1. The van der Waals surface area contributed by atoms with Gasteiger partial charge in [0, 0.05) is 6.20 Å². The molecule has 0 aromatic carbocycles. The number of halogens is 3. The highest BCUT2D eigenvalue weighted by Crippen LogP contribution is 2.36. The minimum Gasteiger partial charge on any atom is -0.484 e. The molecule has 1 saturated heterocycles. The van der Waals surface area contributed by atoms with Crippen molar-refractivity contribution in [1.29, 1.82) is 0 Å². The number of amides is 1. The van der Waals surface area contributed by atoms with Crippen molar-refractivity contribution in [2.75, 3.05) is 20.2 Å². The summed E-state index contributed by atoms with van der Waals surface area (Å²) in [6, 6.07) is 0.928. The van der Waals surface area contributed by atoms with Crippen molar-refractivity contribution in [3.63, 3.8) is 0 Å². The van der Waals surface area contributed by atoms with E-state index >= 15 is 0 Å². The summed E-state index contributed by atoms with van der Waals surface area (Å²) in [5.74, 6) is -1.42. The second kappa shape index (κ2) is 7.00. The minimum absolute atomic E-state index is 0.0641. The van der Waals surface area contributed by atoms with Crippen LogP contribution in [0, 0.1) is 0 Å². The molecule has 0 bridgehead atoms. The van der Waals surface area contributed by atoms with Crippen LogP contribution >= 0.6 is 0 Å². The maximum absolute atomic E-state index is 13.1. The molecular formula is C16H19F3N2O5. The highest BCUT2D eigenvalue weighted by Gasteiger charge is 2.40. The summed E-state index contributed by atoms with van der Waals surface area (Å²) in [4.78, 5) is 27.9. The second-order valence-corrected chi connectivity index (χ2v) is 6.69. The molecule has 1 aliphatic heterocycles. The van der Waals surface area contributed by atoms with Gasteiger partial charge in [-0.3, -0.25) is 0 Å². The summed E-state index contributed by atoms with van der Waals surface area (Å²) in [6.07, 6.45) is -5.22. The molecule has 7 nitrogen and oxygen atoms in total. The first kappa shape index (κ1) is 19.8. The van der Waals surface area contributed by atoms with E-state index in [1.165, 1.54) is 4.90 Å². The molecule has 0 saturated carbocycles. The predicted molar refractivity (Wildman–Crippen MR) is 82.8 cm³/mol. The first-order valence-corrected chi connectivity index (χ1v) is 7.71. The van der Waals surface area contributed by atoms with E-state index in [0.29, 0.717) is 0 Å². The van der Waals surface area contributed by atoms with Crippen molar-refractivity contribution in [2.24, 2.45) is 0 Å². The Bertz CT molecular complexity index is 694. The van der Waals surface area contributed by atoms with Crippen molar-refractivity contribution >= 4 is 12.1 Å². The molecule has 26 heavy (non-hydrogen) atoms. The van der Waals surface area contributed by atoms with Crippen molar-refractivity contribution in [2.45, 2.75) is 38.7 Å². The Hall–Kier alpha value is -2.52. The van der Waals surface area contributed by atoms with Gasteiger partial charge in [-0.2, -0.15) is 13.2 Å². The summed E-state index contributed by atoms with van der Waals surface area (Å²) in [5, 5.41) is 0. The zero-order chi connectivity index (χ0) is 19.7. The van der Waals surface area contributed by atoms with Crippen LogP contribution in [0.3, 0.4) is 0 Å². The van der Waals surface area contributed by atoms with Crippen molar-refractivity contribution in [1.82, 2.24) is 9.88 Å². The zero-order valence-corrected chi connectivity index (χ0v) is 14.7. The van der Waals surface area contributed by atoms with Crippen molar-refractivity contribution in [3.8, 4) is 5.75 Å². The molecule has 1 aromatic rings. The van der Waals surface area contributed by atoms with Crippen LogP contribution in [0.5, 0.6) is 5.75 Å². The lowest BCUT2D eigenvalue weighted by Crippen LogP contribution is -2.57. The number of pyridine rings is 1. The van der Waals surface area contributed by atoms with E-state index in [4.69, 9.17) is 9.47 Å². The second-order valence-electron chi connectivity index (χ2n) is 6.69. The van der Waals surface area contributed by atoms with E-state index in [1.54, 1.807) is 20.8 Å². The Balaban J connectivity index is 2.09. The number of ether oxygens (including phenoxy) is 3. The van der Waals surface area contributed by atoms with Gasteiger partial charge >= 0.3 is 18.2 Å². The average Bonchev–Trinajstić information content (AvgIpc) is 2.46. The van der Waals surface area contributed by atoms with E-state index < -0.39 is 41.4 Å². The van der Waals surface area contributed by atoms with Gasteiger partial charge in [0.05, 0.1) is 25.8 Å². The quantitative estimate of drug-likeness (QED) is 0.755. The summed E-state index contributed by atoms with van der Waals surface area (Å²) in [5.41, 5.74) is -2.09. The van der Waals surface area contributed by atoms with E-state index in [-0.39, 0.29) is 18.7 Å². The highest BCUT2D eigenvalue weighted by atomic mass is 19.4. The summed E-state index contributed by atoms with van der Waals surface area (Å²) in [6.45, 7) is 5.25.